The van der Waals surface area contributed by atoms with E-state index < -0.39 is 5.91 Å². The Labute approximate surface area is 215 Å². The van der Waals surface area contributed by atoms with Gasteiger partial charge in [-0.15, -0.1) is 0 Å². The van der Waals surface area contributed by atoms with Crippen LogP contribution in [0.15, 0.2) is 88.9 Å². The SMILES string of the molecule is N#C/C(=C\c1c(OCc2ccc(Br)cc2)ccc2ccccc12)C(=O)Nc1ccc(Cl)c(Cl)c1. The predicted molar refractivity (Wildman–Crippen MR) is 141 cm³/mol. The first-order valence-electron chi connectivity index (χ1n) is 10.2. The van der Waals surface area contributed by atoms with Crippen molar-refractivity contribution in [1.29, 1.82) is 5.26 Å². The van der Waals surface area contributed by atoms with Crippen molar-refractivity contribution in [2.75, 3.05) is 5.32 Å². The minimum Gasteiger partial charge on any atom is -0.488 e. The maximum atomic E-state index is 12.9. The minimum atomic E-state index is -0.562. The van der Waals surface area contributed by atoms with E-state index in [2.05, 4.69) is 21.2 Å². The fourth-order valence-electron chi connectivity index (χ4n) is 3.36. The van der Waals surface area contributed by atoms with Gasteiger partial charge in [0.1, 0.15) is 24.0 Å². The number of halogens is 3. The number of anilines is 1. The molecule has 0 unspecified atom stereocenters. The van der Waals surface area contributed by atoms with E-state index in [1.165, 1.54) is 6.07 Å². The van der Waals surface area contributed by atoms with Crippen LogP contribution in [0.5, 0.6) is 5.75 Å². The third kappa shape index (κ3) is 5.60. The van der Waals surface area contributed by atoms with Gasteiger partial charge in [-0.1, -0.05) is 81.6 Å². The highest BCUT2D eigenvalue weighted by molar-refractivity contribution is 9.10. The second-order valence-electron chi connectivity index (χ2n) is 7.37. The monoisotopic (exact) mass is 550 g/mol. The fraction of sp³-hybridized carbons (Fsp3) is 0.0370. The Morgan fingerprint density at radius 2 is 1.76 bits per heavy atom. The van der Waals surface area contributed by atoms with Crippen LogP contribution in [-0.2, 0) is 11.4 Å². The number of carbonyl (C=O) groups is 1. The molecule has 168 valence electrons. The molecular weight excluding hydrogens is 535 g/mol. The lowest BCUT2D eigenvalue weighted by Crippen LogP contribution is -2.13. The number of hydrogen-bond donors (Lipinski definition) is 1. The van der Waals surface area contributed by atoms with Crippen molar-refractivity contribution in [2.24, 2.45) is 0 Å². The molecular formula is C27H17BrCl2N2O2. The molecule has 0 spiro atoms. The van der Waals surface area contributed by atoms with Crippen molar-refractivity contribution >= 4 is 67.6 Å². The van der Waals surface area contributed by atoms with Gasteiger partial charge in [0, 0.05) is 15.7 Å². The fourth-order valence-corrected chi connectivity index (χ4v) is 3.92. The number of nitrogens with one attached hydrogen (secondary N) is 1. The van der Waals surface area contributed by atoms with Crippen LogP contribution in [0.4, 0.5) is 5.69 Å². The molecule has 4 aromatic rings. The number of nitrogens with zero attached hydrogens (tertiary/aromatic N) is 1. The summed E-state index contributed by atoms with van der Waals surface area (Å²) in [7, 11) is 0. The second kappa shape index (κ2) is 10.8. The lowest BCUT2D eigenvalue weighted by atomic mass is 10.0. The highest BCUT2D eigenvalue weighted by atomic mass is 79.9. The van der Waals surface area contributed by atoms with Gasteiger partial charge in [0.15, 0.2) is 0 Å². The van der Waals surface area contributed by atoms with Gasteiger partial charge < -0.3 is 10.1 Å². The van der Waals surface area contributed by atoms with Gasteiger partial charge in [-0.25, -0.2) is 0 Å². The number of ether oxygens (including phenoxy) is 1. The Morgan fingerprint density at radius 3 is 2.50 bits per heavy atom. The summed E-state index contributed by atoms with van der Waals surface area (Å²) in [6.07, 6.45) is 1.55. The molecule has 0 saturated heterocycles. The molecule has 0 aliphatic heterocycles. The molecule has 4 aromatic carbocycles. The molecule has 1 N–H and O–H groups in total. The number of rotatable bonds is 6. The molecule has 0 saturated carbocycles. The Bertz CT molecular complexity index is 1440. The van der Waals surface area contributed by atoms with E-state index in [-0.39, 0.29) is 5.57 Å². The first-order valence-corrected chi connectivity index (χ1v) is 11.8. The summed E-state index contributed by atoms with van der Waals surface area (Å²) in [6, 6.07) is 26.1. The van der Waals surface area contributed by atoms with Crippen LogP contribution < -0.4 is 10.1 Å². The average Bonchev–Trinajstić information content (AvgIpc) is 2.84. The van der Waals surface area contributed by atoms with Crippen molar-refractivity contribution in [3.8, 4) is 11.8 Å². The maximum absolute atomic E-state index is 12.9. The predicted octanol–water partition coefficient (Wildman–Crippen LogP) is 8.03. The molecule has 0 bridgehead atoms. The van der Waals surface area contributed by atoms with E-state index >= 15 is 0 Å². The summed E-state index contributed by atoms with van der Waals surface area (Å²) < 4.78 is 7.09. The summed E-state index contributed by atoms with van der Waals surface area (Å²) >= 11 is 15.4. The van der Waals surface area contributed by atoms with E-state index in [1.54, 1.807) is 18.2 Å². The molecule has 4 rings (SSSR count). The molecule has 0 radical (unpaired) electrons. The second-order valence-corrected chi connectivity index (χ2v) is 9.10. The number of carbonyl (C=O) groups excluding carboxylic acids is 1. The van der Waals surface area contributed by atoms with Crippen LogP contribution in [0.1, 0.15) is 11.1 Å². The summed E-state index contributed by atoms with van der Waals surface area (Å²) in [4.78, 5) is 12.9. The van der Waals surface area contributed by atoms with E-state index in [9.17, 15) is 10.1 Å². The molecule has 1 amide bonds. The third-order valence-electron chi connectivity index (χ3n) is 5.07. The van der Waals surface area contributed by atoms with Crippen molar-refractivity contribution in [1.82, 2.24) is 0 Å². The van der Waals surface area contributed by atoms with Crippen molar-refractivity contribution in [3.05, 3.63) is 110 Å². The topological polar surface area (TPSA) is 62.1 Å². The highest BCUT2D eigenvalue weighted by Gasteiger charge is 2.14. The van der Waals surface area contributed by atoms with Gasteiger partial charge in [0.2, 0.25) is 0 Å². The Hall–Kier alpha value is -3.30. The van der Waals surface area contributed by atoms with Crippen molar-refractivity contribution in [2.45, 2.75) is 6.61 Å². The zero-order chi connectivity index (χ0) is 24.1. The lowest BCUT2D eigenvalue weighted by Gasteiger charge is -2.13. The van der Waals surface area contributed by atoms with Gasteiger partial charge in [-0.3, -0.25) is 4.79 Å². The number of nitriles is 1. The van der Waals surface area contributed by atoms with E-state index in [4.69, 9.17) is 27.9 Å². The lowest BCUT2D eigenvalue weighted by molar-refractivity contribution is -0.112. The summed E-state index contributed by atoms with van der Waals surface area (Å²) in [5.41, 5.74) is 2.00. The molecule has 0 aromatic heterocycles. The van der Waals surface area contributed by atoms with E-state index in [0.29, 0.717) is 33.7 Å². The summed E-state index contributed by atoms with van der Waals surface area (Å²) in [5, 5.41) is 15.0. The largest absolute Gasteiger partial charge is 0.488 e. The highest BCUT2D eigenvalue weighted by Crippen LogP contribution is 2.31. The molecule has 0 atom stereocenters. The summed E-state index contributed by atoms with van der Waals surface area (Å²) in [5.74, 6) is 0.00406. The van der Waals surface area contributed by atoms with Gasteiger partial charge in [-0.2, -0.15) is 5.26 Å². The third-order valence-corrected chi connectivity index (χ3v) is 6.34. The van der Waals surface area contributed by atoms with Gasteiger partial charge >= 0.3 is 0 Å². The number of amides is 1. The molecule has 0 heterocycles. The van der Waals surface area contributed by atoms with E-state index in [1.807, 2.05) is 66.7 Å². The van der Waals surface area contributed by atoms with Crippen molar-refractivity contribution < 1.29 is 9.53 Å². The Kier molecular flexibility index (Phi) is 7.54. The zero-order valence-corrected chi connectivity index (χ0v) is 20.8. The number of fused-ring (bicyclic) bond motifs is 1. The smallest absolute Gasteiger partial charge is 0.266 e. The van der Waals surface area contributed by atoms with Crippen LogP contribution in [0.2, 0.25) is 10.0 Å². The Balaban J connectivity index is 1.69. The summed E-state index contributed by atoms with van der Waals surface area (Å²) in [6.45, 7) is 0.337. The zero-order valence-electron chi connectivity index (χ0n) is 17.7. The Morgan fingerprint density at radius 1 is 1.00 bits per heavy atom. The van der Waals surface area contributed by atoms with E-state index in [0.717, 1.165) is 20.8 Å². The first-order chi connectivity index (χ1) is 16.4. The van der Waals surface area contributed by atoms with Crippen LogP contribution in [0.25, 0.3) is 16.8 Å². The minimum absolute atomic E-state index is 0.0732. The first kappa shape index (κ1) is 23.8. The average molecular weight is 552 g/mol. The van der Waals surface area contributed by atoms with Crippen LogP contribution >= 0.6 is 39.1 Å². The van der Waals surface area contributed by atoms with Gasteiger partial charge in [0.05, 0.1) is 10.0 Å². The quantitative estimate of drug-likeness (QED) is 0.195. The van der Waals surface area contributed by atoms with Gasteiger partial charge in [0.25, 0.3) is 5.91 Å². The molecule has 0 fully saturated rings. The molecule has 0 aliphatic rings. The van der Waals surface area contributed by atoms with Crippen LogP contribution in [-0.4, -0.2) is 5.91 Å². The van der Waals surface area contributed by atoms with Crippen LogP contribution in [0, 0.1) is 11.3 Å². The number of benzene rings is 4. The molecule has 4 nitrogen and oxygen atoms in total. The normalized spacial score (nSPS) is 11.2. The maximum Gasteiger partial charge on any atom is 0.266 e. The molecule has 34 heavy (non-hydrogen) atoms. The standard InChI is InChI=1S/C27H17BrCl2N2O2/c28-20-8-5-17(6-9-20)16-34-26-12-7-18-3-1-2-4-22(18)23(26)13-19(15-31)27(33)32-21-10-11-24(29)25(30)14-21/h1-14H,16H2,(H,32,33)/b19-13+. The van der Waals surface area contributed by atoms with Crippen LogP contribution in [0.3, 0.4) is 0 Å². The molecule has 7 heteroatoms. The van der Waals surface area contributed by atoms with Gasteiger partial charge in [-0.05, 0) is 58.8 Å². The van der Waals surface area contributed by atoms with Crippen molar-refractivity contribution in [3.63, 3.8) is 0 Å². The number of hydrogen-bond acceptors (Lipinski definition) is 3. The molecule has 0 aliphatic carbocycles.